The topological polar surface area (TPSA) is 91.0 Å². The average Bonchev–Trinajstić information content (AvgIpc) is 2.53. The molecule has 0 aromatic rings. The molecule has 0 aliphatic carbocycles. The van der Waals surface area contributed by atoms with E-state index in [2.05, 4.69) is 27.6 Å². The van der Waals surface area contributed by atoms with Crippen molar-refractivity contribution in [2.24, 2.45) is 10.7 Å². The summed E-state index contributed by atoms with van der Waals surface area (Å²) in [5.74, 6) is -0.938. The van der Waals surface area contributed by atoms with Gasteiger partial charge in [0.05, 0.1) is 13.0 Å². The van der Waals surface area contributed by atoms with Crippen LogP contribution < -0.4 is 5.73 Å². The van der Waals surface area contributed by atoms with Crippen LogP contribution in [0.1, 0.15) is 34.1 Å². The van der Waals surface area contributed by atoms with Gasteiger partial charge in [0.2, 0.25) is 0 Å². The molecule has 0 saturated carbocycles. The van der Waals surface area contributed by atoms with Crippen LogP contribution in [-0.2, 0) is 19.1 Å². The van der Waals surface area contributed by atoms with Crippen molar-refractivity contribution in [3.63, 3.8) is 0 Å². The summed E-state index contributed by atoms with van der Waals surface area (Å²) >= 11 is 3.28. The number of carbonyl (C=O) groups is 2. The van der Waals surface area contributed by atoms with Crippen LogP contribution in [0.4, 0.5) is 0 Å². The van der Waals surface area contributed by atoms with Crippen LogP contribution in [-0.4, -0.2) is 38.1 Å². The zero-order valence-electron chi connectivity index (χ0n) is 11.9. The minimum Gasteiger partial charge on any atom is -0.466 e. The van der Waals surface area contributed by atoms with Crippen LogP contribution in [0, 0.1) is 0 Å². The predicted molar refractivity (Wildman–Crippen MR) is 86.8 cm³/mol. The Morgan fingerprint density at radius 2 is 2.10 bits per heavy atom. The van der Waals surface area contributed by atoms with Crippen molar-refractivity contribution >= 4 is 51.3 Å². The van der Waals surface area contributed by atoms with E-state index >= 15 is 0 Å². The van der Waals surface area contributed by atoms with Crippen molar-refractivity contribution in [3.8, 4) is 0 Å². The van der Waals surface area contributed by atoms with E-state index in [0.717, 1.165) is 0 Å². The first kappa shape index (κ1) is 17.7. The Morgan fingerprint density at radius 3 is 2.60 bits per heavy atom. The van der Waals surface area contributed by atoms with E-state index in [9.17, 15) is 9.59 Å². The fraction of sp³-hybridized carbons (Fsp3) is 0.750. The van der Waals surface area contributed by atoms with E-state index in [1.807, 2.05) is 0 Å². The third kappa shape index (κ3) is 4.88. The Hall–Kier alpha value is -0.350. The lowest BCUT2D eigenvalue weighted by Crippen LogP contribution is -2.44. The van der Waals surface area contributed by atoms with Gasteiger partial charge in [-0.05, 0) is 27.7 Å². The van der Waals surface area contributed by atoms with E-state index in [1.165, 1.54) is 11.8 Å². The second kappa shape index (κ2) is 6.61. The number of carbonyl (C=O) groups excluding carboxylic acids is 2. The molecule has 1 rings (SSSR count). The summed E-state index contributed by atoms with van der Waals surface area (Å²) in [7, 11) is 0. The lowest BCUT2D eigenvalue weighted by atomic mass is 10.1. The Labute approximate surface area is 136 Å². The minimum atomic E-state index is -1.14. The number of thioether (sulfide) groups is 1. The predicted octanol–water partition coefficient (Wildman–Crippen LogP) is 1.84. The molecule has 0 aromatic heterocycles. The van der Waals surface area contributed by atoms with Crippen LogP contribution in [0.2, 0.25) is 0 Å². The zero-order chi connectivity index (χ0) is 15.6. The maximum atomic E-state index is 12.0. The first-order valence-electron chi connectivity index (χ1n) is 6.16. The van der Waals surface area contributed by atoms with Gasteiger partial charge in [-0.25, -0.2) is 9.79 Å². The number of rotatable bonds is 4. The molecule has 0 fully saturated rings. The van der Waals surface area contributed by atoms with Gasteiger partial charge in [-0.3, -0.25) is 4.79 Å². The molecule has 2 N–H and O–H groups in total. The molecule has 0 amide bonds. The standard InChI is InChI=1S/C12H19IN2O4S/c1-5-18-7(16)6-12(14)10(13)20-8(15-12)9(17)19-11(2,3)4/h10H,5-6,14H2,1-4H3. The van der Waals surface area contributed by atoms with Crippen molar-refractivity contribution in [2.75, 3.05) is 6.61 Å². The quantitative estimate of drug-likeness (QED) is 0.429. The Balaban J connectivity index is 2.80. The van der Waals surface area contributed by atoms with Crippen LogP contribution >= 0.6 is 34.4 Å². The maximum Gasteiger partial charge on any atom is 0.363 e. The molecule has 0 aromatic carbocycles. The highest BCUT2D eigenvalue weighted by Crippen LogP contribution is 2.39. The number of hydrogen-bond donors (Lipinski definition) is 1. The summed E-state index contributed by atoms with van der Waals surface area (Å²) in [6, 6.07) is 0. The summed E-state index contributed by atoms with van der Waals surface area (Å²) in [6.45, 7) is 7.35. The van der Waals surface area contributed by atoms with Crippen molar-refractivity contribution in [1.82, 2.24) is 0 Å². The highest BCUT2D eigenvalue weighted by molar-refractivity contribution is 14.1. The van der Waals surface area contributed by atoms with Crippen molar-refractivity contribution in [3.05, 3.63) is 0 Å². The highest BCUT2D eigenvalue weighted by atomic mass is 127. The van der Waals surface area contributed by atoms with Gasteiger partial charge in [-0.15, -0.1) is 0 Å². The first-order chi connectivity index (χ1) is 9.07. The lowest BCUT2D eigenvalue weighted by molar-refractivity contribution is -0.146. The maximum absolute atomic E-state index is 12.0. The fourth-order valence-electron chi connectivity index (χ4n) is 1.44. The first-order valence-corrected chi connectivity index (χ1v) is 8.28. The zero-order valence-corrected chi connectivity index (χ0v) is 14.9. The fourth-order valence-corrected chi connectivity index (χ4v) is 3.42. The molecule has 0 radical (unpaired) electrons. The molecule has 20 heavy (non-hydrogen) atoms. The number of ether oxygens (including phenoxy) is 2. The van der Waals surface area contributed by atoms with Gasteiger partial charge in [0.15, 0.2) is 5.04 Å². The molecule has 8 heteroatoms. The molecule has 1 aliphatic heterocycles. The van der Waals surface area contributed by atoms with Gasteiger partial charge in [0.25, 0.3) is 0 Å². The summed E-state index contributed by atoms with van der Waals surface area (Å²) in [5.41, 5.74) is 4.37. The molecular formula is C12H19IN2O4S. The lowest BCUT2D eigenvalue weighted by Gasteiger charge is -2.22. The largest absolute Gasteiger partial charge is 0.466 e. The molecule has 114 valence electrons. The number of nitrogens with zero attached hydrogens (tertiary/aromatic N) is 1. The second-order valence-corrected chi connectivity index (χ2v) is 8.51. The summed E-state index contributed by atoms with van der Waals surface area (Å²) in [6.07, 6.45) is -0.0618. The van der Waals surface area contributed by atoms with Crippen LogP contribution in [0.25, 0.3) is 0 Å². The van der Waals surface area contributed by atoms with E-state index in [4.69, 9.17) is 15.2 Å². The number of aliphatic imine (C=N–C) groups is 1. The average molecular weight is 414 g/mol. The Morgan fingerprint density at radius 1 is 1.50 bits per heavy atom. The monoisotopic (exact) mass is 414 g/mol. The molecule has 2 atom stereocenters. The molecule has 0 spiro atoms. The molecule has 1 aliphatic rings. The normalized spacial score (nSPS) is 26.1. The second-order valence-electron chi connectivity index (χ2n) is 5.33. The highest BCUT2D eigenvalue weighted by Gasteiger charge is 2.45. The van der Waals surface area contributed by atoms with E-state index < -0.39 is 23.2 Å². The number of hydrogen-bond acceptors (Lipinski definition) is 7. The number of esters is 2. The van der Waals surface area contributed by atoms with Crippen molar-refractivity contribution < 1.29 is 19.1 Å². The number of nitrogens with two attached hydrogens (primary N) is 1. The Kier molecular flexibility index (Phi) is 5.85. The molecule has 6 nitrogen and oxygen atoms in total. The van der Waals surface area contributed by atoms with Gasteiger partial charge in [0.1, 0.15) is 14.5 Å². The molecular weight excluding hydrogens is 395 g/mol. The molecule has 1 heterocycles. The SMILES string of the molecule is CCOC(=O)CC1(N)N=C(C(=O)OC(C)(C)C)SC1I. The van der Waals surface area contributed by atoms with Crippen LogP contribution in [0.3, 0.4) is 0 Å². The van der Waals surface area contributed by atoms with Gasteiger partial charge in [-0.2, -0.15) is 0 Å². The third-order valence-electron chi connectivity index (χ3n) is 2.22. The van der Waals surface area contributed by atoms with E-state index in [0.29, 0.717) is 0 Å². The molecule has 2 unspecified atom stereocenters. The van der Waals surface area contributed by atoms with Crippen LogP contribution in [0.5, 0.6) is 0 Å². The number of alkyl halides is 1. The van der Waals surface area contributed by atoms with E-state index in [-0.39, 0.29) is 21.3 Å². The summed E-state index contributed by atoms with van der Waals surface area (Å²) in [4.78, 5) is 27.7. The van der Waals surface area contributed by atoms with Gasteiger partial charge in [0, 0.05) is 0 Å². The Bertz CT molecular complexity index is 436. The third-order valence-corrected chi connectivity index (χ3v) is 5.16. The van der Waals surface area contributed by atoms with Crippen molar-refractivity contribution in [1.29, 1.82) is 0 Å². The minimum absolute atomic E-state index is 0.0618. The molecule has 0 saturated heterocycles. The van der Waals surface area contributed by atoms with Gasteiger partial charge < -0.3 is 15.2 Å². The van der Waals surface area contributed by atoms with Crippen molar-refractivity contribution in [2.45, 2.75) is 48.6 Å². The summed E-state index contributed by atoms with van der Waals surface area (Å²) in [5, 5.41) is 0.200. The molecule has 0 bridgehead atoms. The van der Waals surface area contributed by atoms with Gasteiger partial charge in [-0.1, -0.05) is 34.4 Å². The number of halogens is 1. The smallest absolute Gasteiger partial charge is 0.363 e. The van der Waals surface area contributed by atoms with Crippen LogP contribution in [0.15, 0.2) is 4.99 Å². The van der Waals surface area contributed by atoms with Gasteiger partial charge >= 0.3 is 11.9 Å². The summed E-state index contributed by atoms with van der Waals surface area (Å²) < 4.78 is 9.90. The van der Waals surface area contributed by atoms with E-state index in [1.54, 1.807) is 27.7 Å².